The maximum absolute atomic E-state index is 11.5. The maximum Gasteiger partial charge on any atom is 0.142 e. The molecule has 1 atom stereocenters. The van der Waals surface area contributed by atoms with Crippen LogP contribution >= 0.6 is 0 Å². The van der Waals surface area contributed by atoms with Crippen molar-refractivity contribution in [3.8, 4) is 5.75 Å². The molecule has 0 bridgehead atoms. The zero-order valence-electron chi connectivity index (χ0n) is 24.1. The summed E-state index contributed by atoms with van der Waals surface area (Å²) >= 11 is 0. The van der Waals surface area contributed by atoms with E-state index in [1.54, 1.807) is 0 Å². The van der Waals surface area contributed by atoms with Gasteiger partial charge in [0, 0.05) is 26.2 Å². The number of ether oxygens (including phenoxy) is 1. The van der Waals surface area contributed by atoms with Gasteiger partial charge in [0.1, 0.15) is 12.4 Å². The van der Waals surface area contributed by atoms with E-state index in [2.05, 4.69) is 78.7 Å². The summed E-state index contributed by atoms with van der Waals surface area (Å²) in [7, 11) is 1.90. The van der Waals surface area contributed by atoms with Crippen molar-refractivity contribution < 1.29 is 9.84 Å². The summed E-state index contributed by atoms with van der Waals surface area (Å²) in [6, 6.07) is 32.0. The second-order valence-corrected chi connectivity index (χ2v) is 10.9. The molecule has 2 N–H and O–H groups in total. The number of fused-ring (bicyclic) bond motifs is 1. The lowest BCUT2D eigenvalue weighted by molar-refractivity contribution is 0.0835. The molecule has 40 heavy (non-hydrogen) atoms. The minimum atomic E-state index is -0.611. The van der Waals surface area contributed by atoms with E-state index in [9.17, 15) is 5.11 Å². The Balaban J connectivity index is 1.34. The first kappa shape index (κ1) is 27.9. The van der Waals surface area contributed by atoms with E-state index in [4.69, 9.17) is 4.74 Å². The SMILES string of the molecule is CCc1cc2c(cc1CC)CC(N(Cc1ccccc1)C[C@H](O)c1ccc(OCc3ccccc3)c(NC)c1)C2. The largest absolute Gasteiger partial charge is 0.487 e. The Labute approximate surface area is 239 Å². The number of aliphatic hydroxyl groups is 1. The molecule has 0 heterocycles. The Hall–Kier alpha value is -3.60. The van der Waals surface area contributed by atoms with Crippen LogP contribution in [0.1, 0.15) is 58.9 Å². The van der Waals surface area contributed by atoms with Crippen molar-refractivity contribution in [2.75, 3.05) is 18.9 Å². The van der Waals surface area contributed by atoms with Gasteiger partial charge in [0.15, 0.2) is 0 Å². The van der Waals surface area contributed by atoms with Crippen LogP contribution < -0.4 is 10.1 Å². The Morgan fingerprint density at radius 1 is 0.825 bits per heavy atom. The lowest BCUT2D eigenvalue weighted by Gasteiger charge is -2.31. The van der Waals surface area contributed by atoms with E-state index in [1.165, 1.54) is 27.8 Å². The lowest BCUT2D eigenvalue weighted by Crippen LogP contribution is -2.38. The number of anilines is 1. The number of nitrogens with one attached hydrogen (secondary N) is 1. The van der Waals surface area contributed by atoms with Gasteiger partial charge in [0.05, 0.1) is 11.8 Å². The van der Waals surface area contributed by atoms with Gasteiger partial charge in [-0.05, 0) is 76.8 Å². The minimum Gasteiger partial charge on any atom is -0.487 e. The van der Waals surface area contributed by atoms with Crippen molar-refractivity contribution in [1.82, 2.24) is 4.90 Å². The van der Waals surface area contributed by atoms with E-state index in [0.29, 0.717) is 19.2 Å². The highest BCUT2D eigenvalue weighted by atomic mass is 16.5. The summed E-state index contributed by atoms with van der Waals surface area (Å²) < 4.78 is 6.11. The molecule has 0 unspecified atom stereocenters. The van der Waals surface area contributed by atoms with E-state index >= 15 is 0 Å². The topological polar surface area (TPSA) is 44.7 Å². The average molecular weight is 535 g/mol. The summed E-state index contributed by atoms with van der Waals surface area (Å²) in [5.74, 6) is 0.785. The highest BCUT2D eigenvalue weighted by Crippen LogP contribution is 2.33. The van der Waals surface area contributed by atoms with Crippen molar-refractivity contribution in [2.45, 2.75) is 64.8 Å². The van der Waals surface area contributed by atoms with Gasteiger partial charge in [-0.2, -0.15) is 0 Å². The van der Waals surface area contributed by atoms with Crippen LogP contribution in [0.4, 0.5) is 5.69 Å². The quantitative estimate of drug-likeness (QED) is 0.203. The molecule has 0 radical (unpaired) electrons. The van der Waals surface area contributed by atoms with Gasteiger partial charge < -0.3 is 15.2 Å². The van der Waals surface area contributed by atoms with E-state index in [-0.39, 0.29) is 0 Å². The van der Waals surface area contributed by atoms with Crippen LogP contribution in [0.2, 0.25) is 0 Å². The predicted molar refractivity (Wildman–Crippen MR) is 165 cm³/mol. The van der Waals surface area contributed by atoms with Crippen molar-refractivity contribution in [3.05, 3.63) is 130 Å². The molecule has 0 aliphatic heterocycles. The third-order valence-electron chi connectivity index (χ3n) is 8.24. The monoisotopic (exact) mass is 534 g/mol. The number of aryl methyl sites for hydroxylation is 2. The molecular formula is C36H42N2O2. The number of rotatable bonds is 12. The smallest absolute Gasteiger partial charge is 0.142 e. The third kappa shape index (κ3) is 6.57. The fourth-order valence-electron chi connectivity index (χ4n) is 5.97. The van der Waals surface area contributed by atoms with Crippen molar-refractivity contribution in [3.63, 3.8) is 0 Å². The minimum absolute atomic E-state index is 0.360. The molecule has 4 aromatic carbocycles. The molecule has 0 amide bonds. The maximum atomic E-state index is 11.5. The number of benzene rings is 4. The summed E-state index contributed by atoms with van der Waals surface area (Å²) in [5.41, 5.74) is 10.1. The average Bonchev–Trinajstić information content (AvgIpc) is 3.42. The first-order valence-electron chi connectivity index (χ1n) is 14.7. The molecule has 0 saturated carbocycles. The number of aliphatic hydroxyl groups excluding tert-OH is 1. The van der Waals surface area contributed by atoms with Crippen LogP contribution in [-0.4, -0.2) is 29.6 Å². The molecule has 0 spiro atoms. The predicted octanol–water partition coefficient (Wildman–Crippen LogP) is 7.14. The molecule has 4 aromatic rings. The highest BCUT2D eigenvalue weighted by molar-refractivity contribution is 5.58. The van der Waals surface area contributed by atoms with Crippen LogP contribution in [0.15, 0.2) is 91.0 Å². The lowest BCUT2D eigenvalue weighted by atomic mass is 9.97. The van der Waals surface area contributed by atoms with Gasteiger partial charge in [-0.15, -0.1) is 0 Å². The van der Waals surface area contributed by atoms with Gasteiger partial charge in [-0.25, -0.2) is 0 Å². The summed E-state index contributed by atoms with van der Waals surface area (Å²) in [6.07, 6.45) is 3.60. The van der Waals surface area contributed by atoms with Crippen LogP contribution in [0.25, 0.3) is 0 Å². The van der Waals surface area contributed by atoms with Crippen molar-refractivity contribution in [1.29, 1.82) is 0 Å². The Kier molecular flexibility index (Phi) is 9.20. The van der Waals surface area contributed by atoms with Crippen LogP contribution in [-0.2, 0) is 38.8 Å². The molecular weight excluding hydrogens is 492 g/mol. The van der Waals surface area contributed by atoms with E-state index < -0.39 is 6.10 Å². The molecule has 0 fully saturated rings. The second-order valence-electron chi connectivity index (χ2n) is 10.9. The molecule has 4 heteroatoms. The first-order valence-corrected chi connectivity index (χ1v) is 14.7. The molecule has 0 aromatic heterocycles. The zero-order chi connectivity index (χ0) is 27.9. The Bertz CT molecular complexity index is 1350. The third-order valence-corrected chi connectivity index (χ3v) is 8.24. The van der Waals surface area contributed by atoms with Gasteiger partial charge in [-0.1, -0.05) is 92.7 Å². The van der Waals surface area contributed by atoms with Gasteiger partial charge in [0.2, 0.25) is 0 Å². The fraction of sp³-hybridized carbons (Fsp3) is 0.333. The summed E-state index contributed by atoms with van der Waals surface area (Å²) in [4.78, 5) is 2.48. The van der Waals surface area contributed by atoms with Gasteiger partial charge in [0.25, 0.3) is 0 Å². The van der Waals surface area contributed by atoms with Crippen molar-refractivity contribution >= 4 is 5.69 Å². The number of hydrogen-bond donors (Lipinski definition) is 2. The van der Waals surface area contributed by atoms with E-state index in [0.717, 1.165) is 54.8 Å². The van der Waals surface area contributed by atoms with E-state index in [1.807, 2.05) is 43.4 Å². The normalized spacial score (nSPS) is 13.8. The van der Waals surface area contributed by atoms with Gasteiger partial charge in [-0.3, -0.25) is 4.90 Å². The highest BCUT2D eigenvalue weighted by Gasteiger charge is 2.29. The molecule has 1 aliphatic carbocycles. The Morgan fingerprint density at radius 2 is 1.43 bits per heavy atom. The number of hydrogen-bond acceptors (Lipinski definition) is 4. The summed E-state index contributed by atoms with van der Waals surface area (Å²) in [5, 5.41) is 14.8. The second kappa shape index (κ2) is 13.2. The molecule has 208 valence electrons. The first-order chi connectivity index (χ1) is 19.6. The molecule has 4 nitrogen and oxygen atoms in total. The molecule has 1 aliphatic rings. The zero-order valence-corrected chi connectivity index (χ0v) is 24.1. The van der Waals surface area contributed by atoms with Crippen molar-refractivity contribution in [2.24, 2.45) is 0 Å². The molecule has 5 rings (SSSR count). The molecule has 0 saturated heterocycles. The standard InChI is InChI=1S/C36H42N2O2/c1-4-28-18-31-20-33(21-32(31)19-29(28)5-2)38(23-26-12-8-6-9-13-26)24-35(39)30-16-17-36(34(22-30)37-3)40-25-27-14-10-7-11-15-27/h6-19,22,33,35,37,39H,4-5,20-21,23-25H2,1-3H3/t35-/m0/s1. The summed E-state index contributed by atoms with van der Waals surface area (Å²) in [6.45, 7) is 6.40. The van der Waals surface area contributed by atoms with Crippen LogP contribution in [0.3, 0.4) is 0 Å². The fourth-order valence-corrected chi connectivity index (χ4v) is 5.97. The Morgan fingerprint density at radius 3 is 2.00 bits per heavy atom. The number of nitrogens with zero attached hydrogens (tertiary/aromatic N) is 1. The van der Waals surface area contributed by atoms with Crippen LogP contribution in [0, 0.1) is 0 Å². The van der Waals surface area contributed by atoms with Crippen LogP contribution in [0.5, 0.6) is 5.75 Å². The van der Waals surface area contributed by atoms with Gasteiger partial charge >= 0.3 is 0 Å².